The summed E-state index contributed by atoms with van der Waals surface area (Å²) < 4.78 is 5.65. The van der Waals surface area contributed by atoms with Crippen LogP contribution in [-0.2, 0) is 9.53 Å². The molecule has 2 fully saturated rings. The van der Waals surface area contributed by atoms with Gasteiger partial charge in [0.25, 0.3) is 0 Å². The van der Waals surface area contributed by atoms with E-state index in [-0.39, 0.29) is 35.0 Å². The number of hydrogen-bond donors (Lipinski definition) is 0. The van der Waals surface area contributed by atoms with Gasteiger partial charge in [-0.25, -0.2) is 4.79 Å². The first kappa shape index (κ1) is 18.1. The molecule has 23 heavy (non-hydrogen) atoms. The summed E-state index contributed by atoms with van der Waals surface area (Å²) in [6.07, 6.45) is 0.841. The number of ether oxygens (including phenoxy) is 1. The van der Waals surface area contributed by atoms with Crippen LogP contribution < -0.4 is 0 Å². The predicted molar refractivity (Wildman–Crippen MR) is 89.8 cm³/mol. The van der Waals surface area contributed by atoms with E-state index in [4.69, 9.17) is 4.74 Å². The van der Waals surface area contributed by atoms with Gasteiger partial charge in [-0.3, -0.25) is 9.69 Å². The molecule has 2 amide bonds. The monoisotopic (exact) mass is 324 g/mol. The fourth-order valence-electron chi connectivity index (χ4n) is 3.56. The molecule has 2 heterocycles. The van der Waals surface area contributed by atoms with Gasteiger partial charge in [0.05, 0.1) is 6.04 Å². The fourth-order valence-corrected chi connectivity index (χ4v) is 3.56. The van der Waals surface area contributed by atoms with Gasteiger partial charge in [-0.1, -0.05) is 34.6 Å². The van der Waals surface area contributed by atoms with Crippen LogP contribution in [-0.4, -0.2) is 46.2 Å². The van der Waals surface area contributed by atoms with Gasteiger partial charge in [0.2, 0.25) is 5.91 Å². The Labute approximate surface area is 140 Å². The molecule has 0 aliphatic carbocycles. The Kier molecular flexibility index (Phi) is 4.23. The molecule has 2 rings (SSSR count). The van der Waals surface area contributed by atoms with Crippen molar-refractivity contribution in [2.24, 2.45) is 10.8 Å². The first-order valence-corrected chi connectivity index (χ1v) is 8.52. The molecule has 2 atom stereocenters. The van der Waals surface area contributed by atoms with E-state index >= 15 is 0 Å². The van der Waals surface area contributed by atoms with Crippen molar-refractivity contribution in [3.63, 3.8) is 0 Å². The third kappa shape index (κ3) is 3.81. The van der Waals surface area contributed by atoms with Crippen LogP contribution in [0.15, 0.2) is 0 Å². The maximum atomic E-state index is 12.9. The zero-order valence-corrected chi connectivity index (χ0v) is 15.9. The van der Waals surface area contributed by atoms with Gasteiger partial charge in [-0.15, -0.1) is 0 Å². The average Bonchev–Trinajstić information content (AvgIpc) is 2.63. The lowest BCUT2D eigenvalue weighted by Gasteiger charge is -2.43. The van der Waals surface area contributed by atoms with Crippen molar-refractivity contribution in [1.29, 1.82) is 0 Å². The molecule has 2 saturated heterocycles. The van der Waals surface area contributed by atoms with Crippen LogP contribution in [0.3, 0.4) is 0 Å². The van der Waals surface area contributed by atoms with E-state index in [0.717, 1.165) is 6.42 Å². The van der Waals surface area contributed by atoms with Gasteiger partial charge in [0.15, 0.2) is 0 Å². The van der Waals surface area contributed by atoms with Crippen molar-refractivity contribution in [3.05, 3.63) is 0 Å². The SMILES string of the molecule is CC1(C)CC(=O)N2C[C@H](C(C)(C)C)N(C(=O)OC(C)(C)C)[C@@H]2C1. The van der Waals surface area contributed by atoms with Crippen LogP contribution >= 0.6 is 0 Å². The molecule has 0 aromatic rings. The highest BCUT2D eigenvalue weighted by Crippen LogP contribution is 2.43. The number of rotatable bonds is 0. The summed E-state index contributed by atoms with van der Waals surface area (Å²) in [7, 11) is 0. The van der Waals surface area contributed by atoms with Gasteiger partial charge in [0, 0.05) is 13.0 Å². The Balaban J connectivity index is 2.36. The second-order valence-electron chi connectivity index (χ2n) is 9.84. The molecule has 0 saturated carbocycles. The molecule has 0 N–H and O–H groups in total. The summed E-state index contributed by atoms with van der Waals surface area (Å²) in [4.78, 5) is 29.1. The summed E-state index contributed by atoms with van der Waals surface area (Å²) in [6, 6.07) is -0.0276. The third-order valence-electron chi connectivity index (χ3n) is 4.68. The summed E-state index contributed by atoms with van der Waals surface area (Å²) in [5.74, 6) is 0.145. The Morgan fingerprint density at radius 1 is 1.17 bits per heavy atom. The Morgan fingerprint density at radius 3 is 2.22 bits per heavy atom. The first-order chi connectivity index (χ1) is 10.2. The first-order valence-electron chi connectivity index (χ1n) is 8.52. The number of carbonyl (C=O) groups is 2. The standard InChI is InChI=1S/C18H32N2O3/c1-16(2,3)12-11-19-13(9-18(7,8)10-14(19)21)20(12)15(22)23-17(4,5)6/h12-13H,9-11H2,1-8H3/t12-,13-/m1/s1. The fraction of sp³-hybridized carbons (Fsp3) is 0.889. The van der Waals surface area contributed by atoms with E-state index < -0.39 is 5.60 Å². The molecular formula is C18H32N2O3. The van der Waals surface area contributed by atoms with Crippen LogP contribution in [0.1, 0.15) is 68.2 Å². The van der Waals surface area contributed by atoms with Gasteiger partial charge in [-0.2, -0.15) is 0 Å². The molecule has 0 bridgehead atoms. The van der Waals surface area contributed by atoms with E-state index in [1.165, 1.54) is 0 Å². The van der Waals surface area contributed by atoms with E-state index in [1.54, 1.807) is 0 Å². The number of amides is 2. The molecule has 2 aliphatic heterocycles. The zero-order chi connectivity index (χ0) is 17.8. The molecule has 132 valence electrons. The molecule has 0 aromatic heterocycles. The van der Waals surface area contributed by atoms with Crippen LogP contribution in [0, 0.1) is 10.8 Å². The van der Waals surface area contributed by atoms with E-state index in [1.807, 2.05) is 30.6 Å². The molecule has 2 aliphatic rings. The number of fused-ring (bicyclic) bond motifs is 1. The molecule has 0 unspecified atom stereocenters. The van der Waals surface area contributed by atoms with Crippen LogP contribution in [0.25, 0.3) is 0 Å². The Bertz CT molecular complexity index is 499. The van der Waals surface area contributed by atoms with Crippen LogP contribution in [0.4, 0.5) is 4.79 Å². The molecule has 5 nitrogen and oxygen atoms in total. The third-order valence-corrected chi connectivity index (χ3v) is 4.68. The van der Waals surface area contributed by atoms with Crippen molar-refractivity contribution in [2.45, 2.75) is 86.0 Å². The largest absolute Gasteiger partial charge is 0.444 e. The number of nitrogens with zero attached hydrogens (tertiary/aromatic N) is 2. The topological polar surface area (TPSA) is 49.9 Å². The second-order valence-corrected chi connectivity index (χ2v) is 9.84. The highest BCUT2D eigenvalue weighted by molar-refractivity contribution is 5.80. The highest BCUT2D eigenvalue weighted by Gasteiger charge is 2.53. The number of piperidine rings is 1. The van der Waals surface area contributed by atoms with Crippen LogP contribution in [0.5, 0.6) is 0 Å². The van der Waals surface area contributed by atoms with E-state index in [2.05, 4.69) is 34.6 Å². The van der Waals surface area contributed by atoms with Crippen molar-refractivity contribution in [1.82, 2.24) is 9.80 Å². The summed E-state index contributed by atoms with van der Waals surface area (Å²) in [6.45, 7) is 16.8. The van der Waals surface area contributed by atoms with Crippen LogP contribution in [0.2, 0.25) is 0 Å². The minimum absolute atomic E-state index is 0.0276. The minimum atomic E-state index is -0.541. The Morgan fingerprint density at radius 2 is 1.74 bits per heavy atom. The number of carbonyl (C=O) groups excluding carboxylic acids is 2. The minimum Gasteiger partial charge on any atom is -0.444 e. The van der Waals surface area contributed by atoms with Crippen molar-refractivity contribution >= 4 is 12.0 Å². The Hall–Kier alpha value is -1.26. The normalized spacial score (nSPS) is 27.9. The highest BCUT2D eigenvalue weighted by atomic mass is 16.6. The van der Waals surface area contributed by atoms with Crippen molar-refractivity contribution in [2.75, 3.05) is 6.54 Å². The summed E-state index contributed by atoms with van der Waals surface area (Å²) in [5, 5.41) is 0. The van der Waals surface area contributed by atoms with Crippen molar-refractivity contribution < 1.29 is 14.3 Å². The summed E-state index contributed by atoms with van der Waals surface area (Å²) >= 11 is 0. The maximum Gasteiger partial charge on any atom is 0.412 e. The van der Waals surface area contributed by atoms with Crippen molar-refractivity contribution in [3.8, 4) is 0 Å². The number of hydrogen-bond acceptors (Lipinski definition) is 3. The van der Waals surface area contributed by atoms with E-state index in [9.17, 15) is 9.59 Å². The second kappa shape index (κ2) is 5.38. The van der Waals surface area contributed by atoms with Gasteiger partial charge >= 0.3 is 6.09 Å². The molecule has 5 heteroatoms. The lowest BCUT2D eigenvalue weighted by molar-refractivity contribution is -0.141. The molecule has 0 aromatic carbocycles. The predicted octanol–water partition coefficient (Wildman–Crippen LogP) is 3.63. The quantitative estimate of drug-likeness (QED) is 0.684. The van der Waals surface area contributed by atoms with Gasteiger partial charge in [0.1, 0.15) is 11.8 Å². The van der Waals surface area contributed by atoms with Gasteiger partial charge in [-0.05, 0) is 38.0 Å². The smallest absolute Gasteiger partial charge is 0.412 e. The average molecular weight is 324 g/mol. The molecular weight excluding hydrogens is 292 g/mol. The lowest BCUT2D eigenvalue weighted by Crippen LogP contribution is -2.54. The molecule has 0 spiro atoms. The summed E-state index contributed by atoms with van der Waals surface area (Å²) in [5.41, 5.74) is -0.745. The van der Waals surface area contributed by atoms with E-state index in [0.29, 0.717) is 13.0 Å². The molecule has 0 radical (unpaired) electrons. The van der Waals surface area contributed by atoms with Gasteiger partial charge < -0.3 is 9.64 Å². The zero-order valence-electron chi connectivity index (χ0n) is 15.9. The lowest BCUT2D eigenvalue weighted by atomic mass is 9.80. The maximum absolute atomic E-state index is 12.9.